The van der Waals surface area contributed by atoms with Gasteiger partial charge in [0.05, 0.1) is 6.42 Å². The normalized spacial score (nSPS) is 30.4. The molecule has 0 aliphatic carbocycles. The average Bonchev–Trinajstić information content (AvgIpc) is 1.87. The fraction of sp³-hybridized carbons (Fsp3) is 0.500. The maximum absolute atomic E-state index is 10.1. The lowest BCUT2D eigenvalue weighted by Crippen LogP contribution is -1.95. The van der Waals surface area contributed by atoms with E-state index in [-0.39, 0.29) is 11.0 Å². The van der Waals surface area contributed by atoms with Crippen LogP contribution in [-0.4, -0.2) is 11.0 Å². The number of ether oxygens (including phenoxy) is 1. The van der Waals surface area contributed by atoms with Gasteiger partial charge in [-0.2, -0.15) is 0 Å². The number of alkyl halides is 1. The van der Waals surface area contributed by atoms with Crippen molar-refractivity contribution in [2.24, 2.45) is 0 Å². The molecule has 1 atom stereocenters. The van der Waals surface area contributed by atoms with E-state index in [1.54, 1.807) is 0 Å². The topological polar surface area (TPSA) is 26.3 Å². The number of halogens is 1. The van der Waals surface area contributed by atoms with Crippen molar-refractivity contribution in [3.8, 4) is 0 Å². The number of carbonyl (C=O) groups is 1. The number of cyclic esters (lactones) is 1. The van der Waals surface area contributed by atoms with Gasteiger partial charge >= 0.3 is 5.97 Å². The van der Waals surface area contributed by atoms with Crippen LogP contribution in [-0.2, 0) is 9.53 Å². The van der Waals surface area contributed by atoms with Crippen LogP contribution in [0, 0.1) is 6.42 Å². The highest BCUT2D eigenvalue weighted by Crippen LogP contribution is 2.16. The summed E-state index contributed by atoms with van der Waals surface area (Å²) < 4.78 is 4.58. The Bertz CT molecular complexity index is 91.7. The van der Waals surface area contributed by atoms with E-state index in [0.29, 0.717) is 6.42 Å². The molecule has 0 N–H and O–H groups in total. The molecule has 0 aromatic heterocycles. The van der Waals surface area contributed by atoms with Crippen molar-refractivity contribution in [3.63, 3.8) is 0 Å². The van der Waals surface area contributed by atoms with Gasteiger partial charge < -0.3 is 4.74 Å². The highest BCUT2D eigenvalue weighted by molar-refractivity contribution is 9.09. The zero-order chi connectivity index (χ0) is 5.28. The van der Waals surface area contributed by atoms with E-state index in [9.17, 15) is 4.79 Å². The number of hydrogen-bond acceptors (Lipinski definition) is 2. The molecule has 7 heavy (non-hydrogen) atoms. The number of esters is 1. The summed E-state index contributed by atoms with van der Waals surface area (Å²) in [4.78, 5) is 10.1. The summed E-state index contributed by atoms with van der Waals surface area (Å²) in [5.41, 5.74) is 0. The van der Waals surface area contributed by atoms with Crippen molar-refractivity contribution in [1.82, 2.24) is 0 Å². The summed E-state index contributed by atoms with van der Waals surface area (Å²) in [6.07, 6.45) is 2.21. The Balaban J connectivity index is 2.40. The summed E-state index contributed by atoms with van der Waals surface area (Å²) in [6.45, 7) is 0. The van der Waals surface area contributed by atoms with E-state index < -0.39 is 0 Å². The lowest BCUT2D eigenvalue weighted by molar-refractivity contribution is -0.136. The zero-order valence-corrected chi connectivity index (χ0v) is 5.14. The molecule has 1 saturated heterocycles. The standard InChI is InChI=1S/C4H4BrO2/c5-3-1-2-4(6)7-3/h2-3H,1H2. The third kappa shape index (κ3) is 1.16. The van der Waals surface area contributed by atoms with Crippen molar-refractivity contribution in [1.29, 1.82) is 0 Å². The molecule has 0 saturated carbocycles. The molecule has 0 amide bonds. The van der Waals surface area contributed by atoms with Crippen LogP contribution in [0.4, 0.5) is 0 Å². The quantitative estimate of drug-likeness (QED) is 0.392. The van der Waals surface area contributed by atoms with Gasteiger partial charge in [0.15, 0.2) is 5.01 Å². The van der Waals surface area contributed by atoms with Gasteiger partial charge in [-0.1, -0.05) is 0 Å². The maximum atomic E-state index is 10.1. The van der Waals surface area contributed by atoms with E-state index in [2.05, 4.69) is 20.7 Å². The predicted molar refractivity (Wildman–Crippen MR) is 27.7 cm³/mol. The highest BCUT2D eigenvalue weighted by atomic mass is 79.9. The molecule has 2 nitrogen and oxygen atoms in total. The number of carbonyl (C=O) groups excluding carboxylic acids is 1. The van der Waals surface area contributed by atoms with Crippen LogP contribution in [0.5, 0.6) is 0 Å². The zero-order valence-electron chi connectivity index (χ0n) is 3.56. The second kappa shape index (κ2) is 1.82. The van der Waals surface area contributed by atoms with Gasteiger partial charge in [-0.15, -0.1) is 0 Å². The van der Waals surface area contributed by atoms with Crippen LogP contribution in [0.2, 0.25) is 0 Å². The SMILES string of the molecule is O=C1[CH]CC(Br)O1. The third-order valence-electron chi connectivity index (χ3n) is 0.714. The minimum atomic E-state index is -0.220. The Labute approximate surface area is 50.0 Å². The molecule has 1 aliphatic heterocycles. The van der Waals surface area contributed by atoms with Crippen LogP contribution in [0.15, 0.2) is 0 Å². The third-order valence-corrected chi connectivity index (χ3v) is 1.27. The van der Waals surface area contributed by atoms with Crippen LogP contribution >= 0.6 is 15.9 Å². The fourth-order valence-electron chi connectivity index (χ4n) is 0.411. The summed E-state index contributed by atoms with van der Waals surface area (Å²) in [7, 11) is 0. The van der Waals surface area contributed by atoms with Crippen molar-refractivity contribution < 1.29 is 9.53 Å². The van der Waals surface area contributed by atoms with Crippen molar-refractivity contribution in [2.75, 3.05) is 0 Å². The Morgan fingerprint density at radius 3 is 2.86 bits per heavy atom. The van der Waals surface area contributed by atoms with Gasteiger partial charge in [0.1, 0.15) is 0 Å². The molecular weight excluding hydrogens is 160 g/mol. The van der Waals surface area contributed by atoms with E-state index in [4.69, 9.17) is 0 Å². The molecule has 39 valence electrons. The van der Waals surface area contributed by atoms with E-state index in [0.717, 1.165) is 0 Å². The predicted octanol–water partition coefficient (Wildman–Crippen LogP) is 0.859. The molecule has 0 spiro atoms. The lowest BCUT2D eigenvalue weighted by Gasteiger charge is -1.93. The van der Waals surface area contributed by atoms with Crippen LogP contribution < -0.4 is 0 Å². The molecule has 1 fully saturated rings. The summed E-state index contributed by atoms with van der Waals surface area (Å²) in [5, 5.41) is -0.0694. The monoisotopic (exact) mass is 163 g/mol. The molecule has 1 rings (SSSR count). The molecule has 1 aliphatic rings. The molecule has 1 heterocycles. The second-order valence-electron chi connectivity index (χ2n) is 1.29. The lowest BCUT2D eigenvalue weighted by atomic mass is 10.4. The Hall–Kier alpha value is -0.0500. The molecule has 0 aromatic rings. The van der Waals surface area contributed by atoms with Crippen molar-refractivity contribution >= 4 is 21.9 Å². The number of rotatable bonds is 0. The van der Waals surface area contributed by atoms with E-state index in [1.807, 2.05) is 0 Å². The van der Waals surface area contributed by atoms with Crippen molar-refractivity contribution in [3.05, 3.63) is 6.42 Å². The van der Waals surface area contributed by atoms with Crippen LogP contribution in [0.3, 0.4) is 0 Å². The first-order valence-corrected chi connectivity index (χ1v) is 2.88. The Morgan fingerprint density at radius 1 is 2.00 bits per heavy atom. The van der Waals surface area contributed by atoms with Gasteiger partial charge in [0.2, 0.25) is 0 Å². The van der Waals surface area contributed by atoms with Crippen molar-refractivity contribution in [2.45, 2.75) is 11.4 Å². The van der Waals surface area contributed by atoms with Crippen LogP contribution in [0.1, 0.15) is 6.42 Å². The maximum Gasteiger partial charge on any atom is 0.311 e. The van der Waals surface area contributed by atoms with Gasteiger partial charge in [0, 0.05) is 6.42 Å². The molecular formula is C4H4BrO2. The first-order chi connectivity index (χ1) is 3.29. The molecule has 1 radical (unpaired) electrons. The van der Waals surface area contributed by atoms with E-state index >= 15 is 0 Å². The van der Waals surface area contributed by atoms with Gasteiger partial charge in [-0.25, -0.2) is 0 Å². The smallest absolute Gasteiger partial charge is 0.311 e. The Morgan fingerprint density at radius 2 is 2.71 bits per heavy atom. The van der Waals surface area contributed by atoms with Gasteiger partial charge in [0.25, 0.3) is 0 Å². The average molecular weight is 164 g/mol. The molecule has 1 unspecified atom stereocenters. The Kier molecular flexibility index (Phi) is 1.32. The van der Waals surface area contributed by atoms with Crippen LogP contribution in [0.25, 0.3) is 0 Å². The summed E-state index contributed by atoms with van der Waals surface area (Å²) >= 11 is 3.10. The first-order valence-electron chi connectivity index (χ1n) is 1.97. The second-order valence-corrected chi connectivity index (χ2v) is 2.31. The fourth-order valence-corrected chi connectivity index (χ4v) is 0.782. The minimum Gasteiger partial charge on any atom is -0.450 e. The van der Waals surface area contributed by atoms with Gasteiger partial charge in [-0.05, 0) is 15.9 Å². The van der Waals surface area contributed by atoms with Gasteiger partial charge in [-0.3, -0.25) is 4.79 Å². The first kappa shape index (κ1) is 5.09. The highest BCUT2D eigenvalue weighted by Gasteiger charge is 2.19. The number of hydrogen-bond donors (Lipinski definition) is 0. The minimum absolute atomic E-state index is 0.0694. The summed E-state index contributed by atoms with van der Waals surface area (Å²) in [6, 6.07) is 0. The molecule has 0 aromatic carbocycles. The summed E-state index contributed by atoms with van der Waals surface area (Å²) in [5.74, 6) is -0.220. The van der Waals surface area contributed by atoms with E-state index in [1.165, 1.54) is 6.42 Å². The molecule has 3 heteroatoms. The largest absolute Gasteiger partial charge is 0.450 e. The molecule has 0 bridgehead atoms.